The molecular weight excluding hydrogens is 406 g/mol. The molecule has 0 bridgehead atoms. The maximum absolute atomic E-state index is 14.5. The Morgan fingerprint density at radius 1 is 1.46 bits per heavy atom. The van der Waals surface area contributed by atoms with Gasteiger partial charge in [-0.25, -0.2) is 14.2 Å². The fourth-order valence-corrected chi connectivity index (χ4v) is 3.97. The van der Waals surface area contributed by atoms with E-state index in [0.717, 1.165) is 11.3 Å². The molecule has 3 heterocycles. The van der Waals surface area contributed by atoms with Crippen molar-refractivity contribution in [3.05, 3.63) is 32.5 Å². The first-order chi connectivity index (χ1) is 12.3. The summed E-state index contributed by atoms with van der Waals surface area (Å²) in [6, 6.07) is -0.684. The second kappa shape index (κ2) is 7.42. The minimum Gasteiger partial charge on any atom is -0.476 e. The molecular formula is C15H15Cl2FN4O3S. The van der Waals surface area contributed by atoms with E-state index in [-0.39, 0.29) is 28.0 Å². The molecule has 0 radical (unpaired) electrons. The summed E-state index contributed by atoms with van der Waals surface area (Å²) in [5, 5.41) is 13.8. The fraction of sp³-hybridized carbons (Fsp3) is 0.400. The van der Waals surface area contributed by atoms with E-state index < -0.39 is 24.1 Å². The molecule has 0 saturated carbocycles. The van der Waals surface area contributed by atoms with E-state index in [1.807, 2.05) is 0 Å². The van der Waals surface area contributed by atoms with Gasteiger partial charge in [0.1, 0.15) is 11.9 Å². The molecule has 11 heteroatoms. The van der Waals surface area contributed by atoms with Crippen molar-refractivity contribution in [2.75, 3.05) is 18.0 Å². The van der Waals surface area contributed by atoms with Gasteiger partial charge in [-0.15, -0.1) is 11.3 Å². The van der Waals surface area contributed by atoms with Gasteiger partial charge in [0.2, 0.25) is 0 Å². The summed E-state index contributed by atoms with van der Waals surface area (Å²) in [6.07, 6.45) is -0.991. The molecule has 2 aromatic rings. The molecule has 26 heavy (non-hydrogen) atoms. The van der Waals surface area contributed by atoms with Gasteiger partial charge in [0.05, 0.1) is 22.6 Å². The SMILES string of the molecule is Cc1[nH]c(C(=O)NC2CCN(c3nc(C(=O)O)cs3)CC2F)c(Cl)c1Cl. The predicted molar refractivity (Wildman–Crippen MR) is 97.6 cm³/mol. The number of carbonyl (C=O) groups excluding carboxylic acids is 1. The molecule has 2 unspecified atom stereocenters. The Labute approximate surface area is 162 Å². The molecule has 140 valence electrons. The Morgan fingerprint density at radius 2 is 2.19 bits per heavy atom. The number of aromatic carboxylic acids is 1. The van der Waals surface area contributed by atoms with Crippen molar-refractivity contribution >= 4 is 51.5 Å². The summed E-state index contributed by atoms with van der Waals surface area (Å²) in [6.45, 7) is 2.13. The lowest BCUT2D eigenvalue weighted by Gasteiger charge is -2.34. The van der Waals surface area contributed by atoms with Crippen LogP contribution in [-0.2, 0) is 0 Å². The number of carboxylic acids is 1. The summed E-state index contributed by atoms with van der Waals surface area (Å²) < 4.78 is 14.5. The second-order valence-corrected chi connectivity index (χ2v) is 7.50. The van der Waals surface area contributed by atoms with E-state index in [0.29, 0.717) is 23.8 Å². The third-order valence-corrected chi connectivity index (χ3v) is 5.97. The normalized spacial score (nSPS) is 20.2. The van der Waals surface area contributed by atoms with Gasteiger partial charge in [-0.05, 0) is 13.3 Å². The standard InChI is InChI=1S/C15H15Cl2FN4O3S/c1-6-10(16)11(17)12(19-6)13(23)20-8-2-3-22(4-7(8)18)15-21-9(5-26-15)14(24)25/h5,7-8,19H,2-4H2,1H3,(H,20,23)(H,24,25). The molecule has 1 saturated heterocycles. The Hall–Kier alpha value is -1.84. The smallest absolute Gasteiger partial charge is 0.355 e. The highest BCUT2D eigenvalue weighted by Crippen LogP contribution is 2.30. The van der Waals surface area contributed by atoms with Crippen LogP contribution in [0.25, 0.3) is 0 Å². The Kier molecular flexibility index (Phi) is 5.40. The summed E-state index contributed by atoms with van der Waals surface area (Å²) >= 11 is 13.1. The lowest BCUT2D eigenvalue weighted by Crippen LogP contribution is -2.52. The first-order valence-corrected chi connectivity index (χ1v) is 9.33. The lowest BCUT2D eigenvalue weighted by atomic mass is 10.0. The zero-order valence-electron chi connectivity index (χ0n) is 13.6. The van der Waals surface area contributed by atoms with Crippen molar-refractivity contribution in [1.29, 1.82) is 0 Å². The number of aromatic nitrogens is 2. The average molecular weight is 421 g/mol. The van der Waals surface area contributed by atoms with Crippen LogP contribution < -0.4 is 10.2 Å². The van der Waals surface area contributed by atoms with Gasteiger partial charge in [0, 0.05) is 17.6 Å². The van der Waals surface area contributed by atoms with Crippen molar-refractivity contribution in [3.63, 3.8) is 0 Å². The largest absolute Gasteiger partial charge is 0.476 e. The van der Waals surface area contributed by atoms with Crippen molar-refractivity contribution < 1.29 is 19.1 Å². The molecule has 0 spiro atoms. The van der Waals surface area contributed by atoms with Gasteiger partial charge in [0.15, 0.2) is 10.8 Å². The number of aromatic amines is 1. The quantitative estimate of drug-likeness (QED) is 0.705. The molecule has 1 aliphatic heterocycles. The molecule has 7 nitrogen and oxygen atoms in total. The average Bonchev–Trinajstić information content (AvgIpc) is 3.18. The van der Waals surface area contributed by atoms with Crippen LogP contribution in [0.4, 0.5) is 9.52 Å². The van der Waals surface area contributed by atoms with Crippen LogP contribution in [0.15, 0.2) is 5.38 Å². The van der Waals surface area contributed by atoms with Gasteiger partial charge >= 0.3 is 5.97 Å². The molecule has 3 rings (SSSR count). The molecule has 1 amide bonds. The summed E-state index contributed by atoms with van der Waals surface area (Å²) in [5.74, 6) is -1.64. The van der Waals surface area contributed by atoms with Crippen molar-refractivity contribution in [2.45, 2.75) is 25.6 Å². The number of thiazole rings is 1. The Morgan fingerprint density at radius 3 is 2.73 bits per heavy atom. The van der Waals surface area contributed by atoms with Crippen LogP contribution in [0.1, 0.15) is 33.1 Å². The van der Waals surface area contributed by atoms with Gasteiger partial charge in [0.25, 0.3) is 5.91 Å². The molecule has 2 aromatic heterocycles. The van der Waals surface area contributed by atoms with Crippen LogP contribution in [0.2, 0.25) is 10.0 Å². The fourth-order valence-electron chi connectivity index (χ4n) is 2.72. The number of amides is 1. The lowest BCUT2D eigenvalue weighted by molar-refractivity contribution is 0.0691. The van der Waals surface area contributed by atoms with Crippen LogP contribution in [0.3, 0.4) is 0 Å². The molecule has 3 N–H and O–H groups in total. The Bertz CT molecular complexity index is 856. The maximum Gasteiger partial charge on any atom is 0.355 e. The summed E-state index contributed by atoms with van der Waals surface area (Å²) in [4.78, 5) is 31.7. The molecule has 1 fully saturated rings. The van der Waals surface area contributed by atoms with Crippen LogP contribution >= 0.6 is 34.5 Å². The van der Waals surface area contributed by atoms with E-state index in [9.17, 15) is 14.0 Å². The number of hydrogen-bond acceptors (Lipinski definition) is 5. The van der Waals surface area contributed by atoms with Crippen LogP contribution in [-0.4, -0.2) is 52.3 Å². The highest BCUT2D eigenvalue weighted by Gasteiger charge is 2.33. The third-order valence-electron chi connectivity index (χ3n) is 4.12. The summed E-state index contributed by atoms with van der Waals surface area (Å²) in [5.41, 5.74) is 0.603. The number of aryl methyl sites for hydroxylation is 1. The Balaban J connectivity index is 1.64. The van der Waals surface area contributed by atoms with Crippen molar-refractivity contribution in [3.8, 4) is 0 Å². The number of nitrogens with one attached hydrogen (secondary N) is 2. The highest BCUT2D eigenvalue weighted by atomic mass is 35.5. The van der Waals surface area contributed by atoms with Crippen LogP contribution in [0, 0.1) is 6.92 Å². The zero-order chi connectivity index (χ0) is 19.0. The number of carboxylic acid groups (broad SMARTS) is 1. The number of carbonyl (C=O) groups is 2. The highest BCUT2D eigenvalue weighted by molar-refractivity contribution is 7.13. The maximum atomic E-state index is 14.5. The van der Waals surface area contributed by atoms with E-state index >= 15 is 0 Å². The van der Waals surface area contributed by atoms with E-state index in [1.165, 1.54) is 5.38 Å². The second-order valence-electron chi connectivity index (χ2n) is 5.90. The number of H-pyrrole nitrogens is 1. The number of nitrogens with zero attached hydrogens (tertiary/aromatic N) is 2. The summed E-state index contributed by atoms with van der Waals surface area (Å²) in [7, 11) is 0. The monoisotopic (exact) mass is 420 g/mol. The van der Waals surface area contributed by atoms with Gasteiger partial charge in [-0.2, -0.15) is 0 Å². The predicted octanol–water partition coefficient (Wildman–Crippen LogP) is 3.13. The third kappa shape index (κ3) is 3.65. The molecule has 2 atom stereocenters. The molecule has 0 aliphatic carbocycles. The van der Waals surface area contributed by atoms with Crippen molar-refractivity contribution in [1.82, 2.24) is 15.3 Å². The van der Waals surface area contributed by atoms with Gasteiger partial charge < -0.3 is 20.3 Å². The number of rotatable bonds is 4. The van der Waals surface area contributed by atoms with Crippen LogP contribution in [0.5, 0.6) is 0 Å². The number of piperidine rings is 1. The minimum atomic E-state index is -1.34. The topological polar surface area (TPSA) is 98.3 Å². The number of alkyl halides is 1. The minimum absolute atomic E-state index is 0.00968. The van der Waals surface area contributed by atoms with E-state index in [4.69, 9.17) is 28.3 Å². The van der Waals surface area contributed by atoms with E-state index in [1.54, 1.807) is 11.8 Å². The first kappa shape index (κ1) is 18.9. The number of hydrogen-bond donors (Lipinski definition) is 3. The number of halogens is 3. The number of anilines is 1. The van der Waals surface area contributed by atoms with Crippen molar-refractivity contribution in [2.24, 2.45) is 0 Å². The zero-order valence-corrected chi connectivity index (χ0v) is 15.9. The van der Waals surface area contributed by atoms with Gasteiger partial charge in [-0.1, -0.05) is 23.2 Å². The molecule has 1 aliphatic rings. The van der Waals surface area contributed by atoms with E-state index in [2.05, 4.69) is 15.3 Å². The first-order valence-electron chi connectivity index (χ1n) is 7.70. The van der Waals surface area contributed by atoms with Gasteiger partial charge in [-0.3, -0.25) is 4.79 Å². The molecule has 0 aromatic carbocycles.